The lowest BCUT2D eigenvalue weighted by atomic mass is 9.40. The molecule has 21 heavy (non-hydrogen) atoms. The smallest absolute Gasteiger partial charge is 0.0487 e. The fourth-order valence-electron chi connectivity index (χ4n) is 7.46. The van der Waals surface area contributed by atoms with Gasteiger partial charge in [-0.25, -0.2) is 0 Å². The number of allylic oxidation sites excluding steroid dienone is 2. The van der Waals surface area contributed by atoms with Crippen LogP contribution in [0.25, 0.3) is 0 Å². The highest BCUT2D eigenvalue weighted by Gasteiger charge is 2.63. The minimum atomic E-state index is 0.178. The molecule has 1 spiro atoms. The van der Waals surface area contributed by atoms with Crippen LogP contribution in [-0.4, -0.2) is 11.7 Å². The summed E-state index contributed by atoms with van der Waals surface area (Å²) in [5.74, 6) is 1.60. The Labute approximate surface area is 130 Å². The van der Waals surface area contributed by atoms with Crippen molar-refractivity contribution in [2.24, 2.45) is 33.5 Å². The Morgan fingerprint density at radius 3 is 2.48 bits per heavy atom. The molecule has 0 aromatic heterocycles. The number of fused-ring (bicyclic) bond motifs is 3. The molecule has 1 nitrogen and oxygen atoms in total. The molecule has 0 heterocycles. The van der Waals surface area contributed by atoms with Crippen LogP contribution in [0.15, 0.2) is 12.2 Å². The summed E-state index contributed by atoms with van der Waals surface area (Å²) in [6.07, 6.45) is 16.1. The SMILES string of the molecule is C[C@]12C=C[C@]3(CC[C@@H]4[C@](C)(CO)CCC[C@@]4(C)[C@@H]3CC1)C2. The second-order valence-corrected chi connectivity index (χ2v) is 9.75. The molecular formula is C20H32O. The molecule has 4 aliphatic carbocycles. The second kappa shape index (κ2) is 4.16. The van der Waals surface area contributed by atoms with E-state index in [-0.39, 0.29) is 5.41 Å². The van der Waals surface area contributed by atoms with Crippen molar-refractivity contribution in [1.82, 2.24) is 0 Å². The van der Waals surface area contributed by atoms with E-state index in [0.717, 1.165) is 11.8 Å². The maximum Gasteiger partial charge on any atom is 0.0487 e. The second-order valence-electron chi connectivity index (χ2n) is 9.75. The summed E-state index contributed by atoms with van der Waals surface area (Å²) in [5, 5.41) is 10.1. The van der Waals surface area contributed by atoms with Crippen molar-refractivity contribution < 1.29 is 5.11 Å². The first kappa shape index (κ1) is 14.3. The summed E-state index contributed by atoms with van der Waals surface area (Å²) < 4.78 is 0. The molecule has 1 heteroatoms. The van der Waals surface area contributed by atoms with Gasteiger partial charge in [-0.15, -0.1) is 0 Å². The summed E-state index contributed by atoms with van der Waals surface area (Å²) in [7, 11) is 0. The van der Waals surface area contributed by atoms with E-state index in [1.165, 1.54) is 51.4 Å². The zero-order chi connectivity index (χ0) is 14.9. The van der Waals surface area contributed by atoms with Crippen molar-refractivity contribution in [3.05, 3.63) is 12.2 Å². The van der Waals surface area contributed by atoms with Crippen LogP contribution in [0.4, 0.5) is 0 Å². The van der Waals surface area contributed by atoms with E-state index < -0.39 is 0 Å². The molecule has 6 atom stereocenters. The van der Waals surface area contributed by atoms with E-state index in [2.05, 4.69) is 32.9 Å². The van der Waals surface area contributed by atoms with Gasteiger partial charge in [0.15, 0.2) is 0 Å². The first-order valence-electron chi connectivity index (χ1n) is 9.17. The van der Waals surface area contributed by atoms with Gasteiger partial charge in [0.05, 0.1) is 0 Å². The van der Waals surface area contributed by atoms with Crippen molar-refractivity contribution in [1.29, 1.82) is 0 Å². The van der Waals surface area contributed by atoms with E-state index in [9.17, 15) is 5.11 Å². The van der Waals surface area contributed by atoms with Crippen LogP contribution in [0.1, 0.15) is 72.1 Å². The standard InChI is InChI=1S/C20H32O/c1-17-9-5-16-19(3)8-4-7-18(2,14-21)15(19)6-10-20(16,13-17)12-11-17/h11-12,15-16,21H,4-10,13-14H2,1-3H3/t15-,16+,17-,18+,19-,20-/m1/s1. The summed E-state index contributed by atoms with van der Waals surface area (Å²) in [5.41, 5.74) is 1.64. The number of rotatable bonds is 1. The molecule has 0 amide bonds. The molecule has 0 aliphatic heterocycles. The largest absolute Gasteiger partial charge is 0.396 e. The molecule has 0 unspecified atom stereocenters. The van der Waals surface area contributed by atoms with Crippen LogP contribution in [0, 0.1) is 33.5 Å². The highest BCUT2D eigenvalue weighted by Crippen LogP contribution is 2.71. The van der Waals surface area contributed by atoms with Crippen molar-refractivity contribution in [3.63, 3.8) is 0 Å². The highest BCUT2D eigenvalue weighted by atomic mass is 16.3. The monoisotopic (exact) mass is 288 g/mol. The normalized spacial score (nSPS) is 58.7. The van der Waals surface area contributed by atoms with Gasteiger partial charge in [0.2, 0.25) is 0 Å². The Morgan fingerprint density at radius 2 is 1.71 bits per heavy atom. The van der Waals surface area contributed by atoms with Crippen molar-refractivity contribution in [2.45, 2.75) is 72.1 Å². The van der Waals surface area contributed by atoms with Gasteiger partial charge in [0.25, 0.3) is 0 Å². The maximum absolute atomic E-state index is 10.1. The Kier molecular flexibility index (Phi) is 2.83. The summed E-state index contributed by atoms with van der Waals surface area (Å²) in [6.45, 7) is 7.82. The summed E-state index contributed by atoms with van der Waals surface area (Å²) in [6, 6.07) is 0. The Bertz CT molecular complexity index is 482. The Balaban J connectivity index is 1.74. The van der Waals surface area contributed by atoms with E-state index in [4.69, 9.17) is 0 Å². The Hall–Kier alpha value is -0.300. The number of aliphatic hydroxyl groups excluding tert-OH is 1. The molecule has 3 fully saturated rings. The van der Waals surface area contributed by atoms with E-state index in [1.807, 2.05) is 0 Å². The molecule has 0 radical (unpaired) electrons. The number of hydrogen-bond donors (Lipinski definition) is 1. The van der Waals surface area contributed by atoms with Gasteiger partial charge in [-0.1, -0.05) is 39.3 Å². The van der Waals surface area contributed by atoms with Crippen molar-refractivity contribution in [2.75, 3.05) is 6.61 Å². The van der Waals surface area contributed by atoms with Crippen LogP contribution in [0.5, 0.6) is 0 Å². The third kappa shape index (κ3) is 1.73. The average Bonchev–Trinajstić information content (AvgIpc) is 2.69. The summed E-state index contributed by atoms with van der Waals surface area (Å²) in [4.78, 5) is 0. The average molecular weight is 288 g/mol. The van der Waals surface area contributed by atoms with Crippen molar-refractivity contribution in [3.8, 4) is 0 Å². The van der Waals surface area contributed by atoms with Gasteiger partial charge in [0.1, 0.15) is 0 Å². The summed E-state index contributed by atoms with van der Waals surface area (Å²) >= 11 is 0. The van der Waals surface area contributed by atoms with Crippen LogP contribution < -0.4 is 0 Å². The van der Waals surface area contributed by atoms with Gasteiger partial charge in [-0.2, -0.15) is 0 Å². The third-order valence-corrected chi connectivity index (χ3v) is 8.41. The van der Waals surface area contributed by atoms with E-state index in [0.29, 0.717) is 22.9 Å². The minimum absolute atomic E-state index is 0.178. The highest BCUT2D eigenvalue weighted by molar-refractivity contribution is 5.25. The molecule has 0 aromatic rings. The van der Waals surface area contributed by atoms with Gasteiger partial charge < -0.3 is 5.11 Å². The number of hydrogen-bond acceptors (Lipinski definition) is 1. The molecule has 3 saturated carbocycles. The van der Waals surface area contributed by atoms with Gasteiger partial charge >= 0.3 is 0 Å². The van der Waals surface area contributed by atoms with E-state index in [1.54, 1.807) is 0 Å². The van der Waals surface area contributed by atoms with Gasteiger partial charge in [0, 0.05) is 6.61 Å². The third-order valence-electron chi connectivity index (χ3n) is 8.41. The molecule has 0 aromatic carbocycles. The lowest BCUT2D eigenvalue weighted by Crippen LogP contribution is -2.57. The predicted molar refractivity (Wildman–Crippen MR) is 86.9 cm³/mol. The van der Waals surface area contributed by atoms with Gasteiger partial charge in [-0.3, -0.25) is 0 Å². The molecule has 1 N–H and O–H groups in total. The quantitative estimate of drug-likeness (QED) is 0.677. The first-order valence-corrected chi connectivity index (χ1v) is 9.17. The zero-order valence-corrected chi connectivity index (χ0v) is 14.1. The molecular weight excluding hydrogens is 256 g/mol. The fourth-order valence-corrected chi connectivity index (χ4v) is 7.46. The lowest BCUT2D eigenvalue weighted by molar-refractivity contribution is -0.154. The van der Waals surface area contributed by atoms with Crippen LogP contribution in [-0.2, 0) is 0 Å². The maximum atomic E-state index is 10.1. The van der Waals surface area contributed by atoms with Crippen LogP contribution in [0.2, 0.25) is 0 Å². The Morgan fingerprint density at radius 1 is 0.952 bits per heavy atom. The van der Waals surface area contributed by atoms with Crippen LogP contribution >= 0.6 is 0 Å². The lowest BCUT2D eigenvalue weighted by Gasteiger charge is -2.64. The molecule has 0 saturated heterocycles. The zero-order valence-electron chi connectivity index (χ0n) is 14.1. The molecule has 118 valence electrons. The topological polar surface area (TPSA) is 20.2 Å². The van der Waals surface area contributed by atoms with Crippen LogP contribution in [0.3, 0.4) is 0 Å². The van der Waals surface area contributed by atoms with Crippen molar-refractivity contribution >= 4 is 0 Å². The molecule has 4 rings (SSSR count). The van der Waals surface area contributed by atoms with E-state index >= 15 is 0 Å². The minimum Gasteiger partial charge on any atom is -0.396 e. The fraction of sp³-hybridized carbons (Fsp3) is 0.900. The number of aliphatic hydroxyl groups is 1. The molecule has 4 aliphatic rings. The first-order chi connectivity index (χ1) is 9.86. The van der Waals surface area contributed by atoms with Gasteiger partial charge in [-0.05, 0) is 78.4 Å². The predicted octanol–water partition coefficient (Wildman–Crippen LogP) is 4.95. The molecule has 2 bridgehead atoms.